The van der Waals surface area contributed by atoms with E-state index in [4.69, 9.17) is 16.3 Å². The highest BCUT2D eigenvalue weighted by Gasteiger charge is 2.22. The highest BCUT2D eigenvalue weighted by molar-refractivity contribution is 6.35. The van der Waals surface area contributed by atoms with Crippen molar-refractivity contribution < 1.29 is 14.6 Å². The number of fused-ring (bicyclic) bond motifs is 1. The van der Waals surface area contributed by atoms with Crippen molar-refractivity contribution in [2.45, 2.75) is 33.1 Å². The van der Waals surface area contributed by atoms with Gasteiger partial charge in [-0.25, -0.2) is 9.78 Å². The Hall–Kier alpha value is -1.81. The first-order valence-corrected chi connectivity index (χ1v) is 7.12. The van der Waals surface area contributed by atoms with Gasteiger partial charge in [-0.05, 0) is 36.1 Å². The summed E-state index contributed by atoms with van der Waals surface area (Å²) >= 11 is 6.24. The molecular weight excluding hydrogens is 290 g/mol. The minimum Gasteiger partial charge on any atom is -0.508 e. The number of nitrogens with zero attached hydrogens (tertiary/aromatic N) is 1. The van der Waals surface area contributed by atoms with E-state index in [1.54, 1.807) is 19.1 Å². The number of hydrogen-bond donors (Lipinski definition) is 1. The average molecular weight is 308 g/mol. The number of hydrogen-bond acceptors (Lipinski definition) is 4. The minimum absolute atomic E-state index is 0.125. The van der Waals surface area contributed by atoms with Gasteiger partial charge in [0.15, 0.2) is 5.69 Å². The van der Waals surface area contributed by atoms with Gasteiger partial charge in [-0.2, -0.15) is 0 Å². The van der Waals surface area contributed by atoms with Gasteiger partial charge in [0.05, 0.1) is 17.1 Å². The quantitative estimate of drug-likeness (QED) is 0.850. The van der Waals surface area contributed by atoms with Crippen LogP contribution in [0.2, 0.25) is 5.02 Å². The maximum absolute atomic E-state index is 11.9. The van der Waals surface area contributed by atoms with Crippen molar-refractivity contribution in [3.63, 3.8) is 0 Å². The number of aromatic hydroxyl groups is 1. The number of esters is 1. The molecule has 1 aromatic carbocycles. The summed E-state index contributed by atoms with van der Waals surface area (Å²) in [7, 11) is 0. The van der Waals surface area contributed by atoms with Gasteiger partial charge < -0.3 is 9.84 Å². The zero-order chi connectivity index (χ0) is 15.8. The number of ether oxygens (including phenoxy) is 1. The maximum atomic E-state index is 11.9. The number of aromatic nitrogens is 1. The lowest BCUT2D eigenvalue weighted by atomic mass is 9.85. The van der Waals surface area contributed by atoms with Crippen LogP contribution in [0.5, 0.6) is 5.75 Å². The Bertz CT molecular complexity index is 705. The van der Waals surface area contributed by atoms with E-state index in [1.807, 2.05) is 20.8 Å². The van der Waals surface area contributed by atoms with E-state index < -0.39 is 5.97 Å². The monoisotopic (exact) mass is 307 g/mol. The summed E-state index contributed by atoms with van der Waals surface area (Å²) in [5.41, 5.74) is 1.35. The molecule has 0 fully saturated rings. The molecule has 0 aliphatic heterocycles. The van der Waals surface area contributed by atoms with Gasteiger partial charge in [-0.1, -0.05) is 32.4 Å². The van der Waals surface area contributed by atoms with E-state index in [9.17, 15) is 9.90 Å². The maximum Gasteiger partial charge on any atom is 0.356 e. The van der Waals surface area contributed by atoms with Crippen molar-refractivity contribution in [2.24, 2.45) is 0 Å². The number of halogens is 1. The number of rotatable bonds is 2. The van der Waals surface area contributed by atoms with Crippen LogP contribution in [0.15, 0.2) is 18.2 Å². The minimum atomic E-state index is -0.505. The molecule has 112 valence electrons. The van der Waals surface area contributed by atoms with Crippen LogP contribution in [-0.2, 0) is 10.2 Å². The Morgan fingerprint density at radius 1 is 1.33 bits per heavy atom. The predicted molar refractivity (Wildman–Crippen MR) is 83.1 cm³/mol. The SMILES string of the molecule is CCOC(=O)c1cc(Cl)c2cc(O)cc(C(C)(C)C)c2n1. The number of phenolic OH excluding ortho intramolecular Hbond substituents is 1. The van der Waals surface area contributed by atoms with Gasteiger partial charge in [0.2, 0.25) is 0 Å². The van der Waals surface area contributed by atoms with Crippen molar-refractivity contribution >= 4 is 28.5 Å². The van der Waals surface area contributed by atoms with Crippen LogP contribution >= 0.6 is 11.6 Å². The van der Waals surface area contributed by atoms with Crippen LogP contribution in [0.1, 0.15) is 43.7 Å². The molecule has 1 heterocycles. The molecule has 0 spiro atoms. The fourth-order valence-electron chi connectivity index (χ4n) is 2.15. The molecule has 0 saturated carbocycles. The van der Waals surface area contributed by atoms with Crippen LogP contribution in [0.25, 0.3) is 10.9 Å². The molecule has 0 atom stereocenters. The van der Waals surface area contributed by atoms with Crippen LogP contribution in [-0.4, -0.2) is 22.7 Å². The second-order valence-electron chi connectivity index (χ2n) is 5.85. The summed E-state index contributed by atoms with van der Waals surface area (Å²) in [6.07, 6.45) is 0. The van der Waals surface area contributed by atoms with Crippen LogP contribution in [0.3, 0.4) is 0 Å². The molecule has 1 N–H and O–H groups in total. The molecule has 0 unspecified atom stereocenters. The van der Waals surface area contributed by atoms with Crippen molar-refractivity contribution in [3.8, 4) is 5.75 Å². The molecule has 0 radical (unpaired) electrons. The van der Waals surface area contributed by atoms with Gasteiger partial charge in [-0.3, -0.25) is 0 Å². The van der Waals surface area contributed by atoms with Gasteiger partial charge in [0, 0.05) is 5.39 Å². The Balaban J connectivity index is 2.77. The van der Waals surface area contributed by atoms with Gasteiger partial charge in [-0.15, -0.1) is 0 Å². The summed E-state index contributed by atoms with van der Waals surface area (Å²) in [5, 5.41) is 10.9. The summed E-state index contributed by atoms with van der Waals surface area (Å²) in [5.74, 6) is -0.380. The lowest BCUT2D eigenvalue weighted by Gasteiger charge is -2.21. The molecule has 0 aliphatic carbocycles. The average Bonchev–Trinajstić information content (AvgIpc) is 2.37. The largest absolute Gasteiger partial charge is 0.508 e. The molecule has 2 aromatic rings. The molecule has 0 amide bonds. The first kappa shape index (κ1) is 15.6. The lowest BCUT2D eigenvalue weighted by Crippen LogP contribution is -2.14. The summed E-state index contributed by atoms with van der Waals surface area (Å²) in [6, 6.07) is 4.67. The van der Waals surface area contributed by atoms with E-state index in [2.05, 4.69) is 4.98 Å². The molecule has 5 heteroatoms. The highest BCUT2D eigenvalue weighted by Crippen LogP contribution is 2.35. The molecule has 0 aliphatic rings. The van der Waals surface area contributed by atoms with Gasteiger partial charge in [0.1, 0.15) is 5.75 Å². The summed E-state index contributed by atoms with van der Waals surface area (Å²) in [6.45, 7) is 8.03. The van der Waals surface area contributed by atoms with Crippen LogP contribution in [0, 0.1) is 0 Å². The zero-order valence-electron chi connectivity index (χ0n) is 12.5. The van der Waals surface area contributed by atoms with Crippen molar-refractivity contribution in [3.05, 3.63) is 34.5 Å². The smallest absolute Gasteiger partial charge is 0.356 e. The molecule has 0 saturated heterocycles. The molecule has 2 rings (SSSR count). The predicted octanol–water partition coefficient (Wildman–Crippen LogP) is 4.07. The van der Waals surface area contributed by atoms with E-state index in [-0.39, 0.29) is 23.5 Å². The van der Waals surface area contributed by atoms with Gasteiger partial charge in [0.25, 0.3) is 0 Å². The third-order valence-electron chi connectivity index (χ3n) is 3.14. The van der Waals surface area contributed by atoms with Gasteiger partial charge >= 0.3 is 5.97 Å². The first-order chi connectivity index (χ1) is 9.74. The highest BCUT2D eigenvalue weighted by atomic mass is 35.5. The topological polar surface area (TPSA) is 59.4 Å². The van der Waals surface area contributed by atoms with Crippen molar-refractivity contribution in [1.82, 2.24) is 4.98 Å². The van der Waals surface area contributed by atoms with E-state index >= 15 is 0 Å². The normalized spacial score (nSPS) is 11.7. The first-order valence-electron chi connectivity index (χ1n) is 6.75. The van der Waals surface area contributed by atoms with Crippen molar-refractivity contribution in [1.29, 1.82) is 0 Å². The summed E-state index contributed by atoms with van der Waals surface area (Å²) in [4.78, 5) is 16.3. The number of phenols is 1. The van der Waals surface area contributed by atoms with Crippen LogP contribution in [0.4, 0.5) is 0 Å². The number of carbonyl (C=O) groups excluding carboxylic acids is 1. The Morgan fingerprint density at radius 3 is 2.57 bits per heavy atom. The third kappa shape index (κ3) is 3.10. The second kappa shape index (κ2) is 5.53. The third-order valence-corrected chi connectivity index (χ3v) is 3.45. The number of pyridine rings is 1. The Labute approximate surface area is 128 Å². The lowest BCUT2D eigenvalue weighted by molar-refractivity contribution is 0.0520. The van der Waals surface area contributed by atoms with Crippen LogP contribution < -0.4 is 0 Å². The zero-order valence-corrected chi connectivity index (χ0v) is 13.3. The molecule has 4 nitrogen and oxygen atoms in total. The van der Waals surface area contributed by atoms with E-state index in [0.717, 1.165) is 5.56 Å². The van der Waals surface area contributed by atoms with E-state index in [1.165, 1.54) is 6.07 Å². The standard InChI is InChI=1S/C16H18ClNO3/c1-5-21-15(20)13-8-12(17)10-6-9(19)7-11(14(10)18-13)16(2,3)4/h6-8,19H,5H2,1-4H3. The second-order valence-corrected chi connectivity index (χ2v) is 6.26. The fourth-order valence-corrected chi connectivity index (χ4v) is 2.40. The molecular formula is C16H18ClNO3. The molecule has 21 heavy (non-hydrogen) atoms. The van der Waals surface area contributed by atoms with E-state index in [0.29, 0.717) is 15.9 Å². The Morgan fingerprint density at radius 2 is 2.00 bits per heavy atom. The summed E-state index contributed by atoms with van der Waals surface area (Å²) < 4.78 is 4.97. The fraction of sp³-hybridized carbons (Fsp3) is 0.375. The Kier molecular flexibility index (Phi) is 4.10. The number of carbonyl (C=O) groups is 1. The molecule has 0 bridgehead atoms. The molecule has 1 aromatic heterocycles. The van der Waals surface area contributed by atoms with Crippen molar-refractivity contribution in [2.75, 3.05) is 6.61 Å². The number of benzene rings is 1.